The zero-order chi connectivity index (χ0) is 16.8. The molecule has 0 fully saturated rings. The number of primary amides is 1. The van der Waals surface area contributed by atoms with Gasteiger partial charge in [0.2, 0.25) is 5.91 Å². The minimum Gasteiger partial charge on any atom is -0.379 e. The van der Waals surface area contributed by atoms with Gasteiger partial charge in [-0.25, -0.2) is 0 Å². The molecule has 0 spiro atoms. The lowest BCUT2D eigenvalue weighted by Gasteiger charge is -2.17. The average Bonchev–Trinajstić information content (AvgIpc) is 2.56. The molecule has 0 aliphatic heterocycles. The van der Waals surface area contributed by atoms with Crippen molar-refractivity contribution < 1.29 is 9.72 Å². The molecule has 3 N–H and O–H groups in total. The summed E-state index contributed by atoms with van der Waals surface area (Å²) in [5, 5.41) is 14.3. The highest BCUT2D eigenvalue weighted by molar-refractivity contribution is 5.94. The van der Waals surface area contributed by atoms with E-state index in [4.69, 9.17) is 5.73 Å². The fourth-order valence-corrected chi connectivity index (χ4v) is 2.44. The molecule has 2 aromatic rings. The van der Waals surface area contributed by atoms with Gasteiger partial charge in [-0.05, 0) is 24.1 Å². The van der Waals surface area contributed by atoms with E-state index in [-0.39, 0.29) is 17.2 Å². The molecule has 23 heavy (non-hydrogen) atoms. The lowest BCUT2D eigenvalue weighted by Crippen LogP contribution is -2.14. The van der Waals surface area contributed by atoms with Gasteiger partial charge in [0.05, 0.1) is 4.92 Å². The minimum atomic E-state index is -0.685. The summed E-state index contributed by atoms with van der Waals surface area (Å²) in [6.07, 6.45) is 0.907. The summed E-state index contributed by atoms with van der Waals surface area (Å²) in [6.45, 7) is 2.64. The first-order chi connectivity index (χ1) is 11.0. The second-order valence-electron chi connectivity index (χ2n) is 5.25. The predicted octanol–water partition coefficient (Wildman–Crippen LogP) is 3.30. The molecule has 6 heteroatoms. The summed E-state index contributed by atoms with van der Waals surface area (Å²) in [5.74, 6) is -0.443. The summed E-state index contributed by atoms with van der Waals surface area (Å²) in [6, 6.07) is 14.2. The van der Waals surface area contributed by atoms with Crippen molar-refractivity contribution in [3.63, 3.8) is 0 Å². The van der Waals surface area contributed by atoms with Gasteiger partial charge in [0, 0.05) is 24.1 Å². The zero-order valence-corrected chi connectivity index (χ0v) is 12.9. The van der Waals surface area contributed by atoms with Crippen molar-refractivity contribution in [3.8, 4) is 0 Å². The van der Waals surface area contributed by atoms with Gasteiger partial charge in [-0.3, -0.25) is 14.9 Å². The first kappa shape index (κ1) is 16.5. The van der Waals surface area contributed by atoms with E-state index in [1.807, 2.05) is 30.3 Å². The third-order valence-electron chi connectivity index (χ3n) is 3.78. The fourth-order valence-electron chi connectivity index (χ4n) is 2.44. The Bertz CT molecular complexity index is 701. The molecule has 2 rings (SSSR count). The van der Waals surface area contributed by atoms with Crippen LogP contribution in [0.2, 0.25) is 0 Å². The number of hydrogen-bond donors (Lipinski definition) is 2. The molecule has 0 unspecified atom stereocenters. The molecule has 0 aliphatic carbocycles. The SMILES string of the molecule is CC[C@H](CNc1ccc(C(N)=O)cc1[N+](=O)[O-])c1ccccc1. The van der Waals surface area contributed by atoms with Gasteiger partial charge in [0.1, 0.15) is 5.69 Å². The average molecular weight is 313 g/mol. The van der Waals surface area contributed by atoms with E-state index >= 15 is 0 Å². The number of rotatable bonds is 7. The molecule has 2 aromatic carbocycles. The maximum absolute atomic E-state index is 11.2. The van der Waals surface area contributed by atoms with E-state index in [9.17, 15) is 14.9 Å². The maximum atomic E-state index is 11.2. The number of nitrogens with two attached hydrogens (primary N) is 1. The zero-order valence-electron chi connectivity index (χ0n) is 12.9. The second-order valence-corrected chi connectivity index (χ2v) is 5.25. The van der Waals surface area contributed by atoms with Crippen LogP contribution in [0.4, 0.5) is 11.4 Å². The normalized spacial score (nSPS) is 11.7. The molecule has 1 amide bonds. The topological polar surface area (TPSA) is 98.3 Å². The summed E-state index contributed by atoms with van der Waals surface area (Å²) in [7, 11) is 0. The Hall–Kier alpha value is -2.89. The number of nitro groups is 1. The number of nitrogens with zero attached hydrogens (tertiary/aromatic N) is 1. The molecule has 120 valence electrons. The minimum absolute atomic E-state index is 0.123. The highest BCUT2D eigenvalue weighted by atomic mass is 16.6. The first-order valence-corrected chi connectivity index (χ1v) is 7.40. The number of nitrogens with one attached hydrogen (secondary N) is 1. The number of benzene rings is 2. The Morgan fingerprint density at radius 2 is 1.96 bits per heavy atom. The molecular formula is C17H19N3O3. The molecular weight excluding hydrogens is 294 g/mol. The predicted molar refractivity (Wildman–Crippen MR) is 89.6 cm³/mol. The highest BCUT2D eigenvalue weighted by Gasteiger charge is 2.17. The van der Waals surface area contributed by atoms with Crippen LogP contribution in [0.15, 0.2) is 48.5 Å². The van der Waals surface area contributed by atoms with Crippen molar-refractivity contribution in [1.29, 1.82) is 0 Å². The van der Waals surface area contributed by atoms with Crippen LogP contribution >= 0.6 is 0 Å². The Balaban J connectivity index is 2.19. The smallest absolute Gasteiger partial charge is 0.293 e. The molecule has 0 heterocycles. The lowest BCUT2D eigenvalue weighted by atomic mass is 9.96. The van der Waals surface area contributed by atoms with Gasteiger partial charge >= 0.3 is 0 Å². The fraction of sp³-hybridized carbons (Fsp3) is 0.235. The van der Waals surface area contributed by atoms with Crippen molar-refractivity contribution >= 4 is 17.3 Å². The third kappa shape index (κ3) is 4.06. The molecule has 6 nitrogen and oxygen atoms in total. The number of amides is 1. The largest absolute Gasteiger partial charge is 0.379 e. The monoisotopic (exact) mass is 313 g/mol. The maximum Gasteiger partial charge on any atom is 0.293 e. The molecule has 0 aromatic heterocycles. The van der Waals surface area contributed by atoms with Crippen molar-refractivity contribution in [2.45, 2.75) is 19.3 Å². The number of anilines is 1. The van der Waals surface area contributed by atoms with E-state index in [1.165, 1.54) is 23.8 Å². The van der Waals surface area contributed by atoms with Gasteiger partial charge in [-0.15, -0.1) is 0 Å². The quantitative estimate of drug-likeness (QED) is 0.605. The number of hydrogen-bond acceptors (Lipinski definition) is 4. The molecule has 0 aliphatic rings. The van der Waals surface area contributed by atoms with Crippen LogP contribution in [0.1, 0.15) is 35.2 Å². The number of carbonyl (C=O) groups is 1. The van der Waals surface area contributed by atoms with Crippen LogP contribution in [0, 0.1) is 10.1 Å². The molecule has 0 saturated carbocycles. The molecule has 1 atom stereocenters. The second kappa shape index (κ2) is 7.40. The van der Waals surface area contributed by atoms with Crippen LogP contribution in [0.3, 0.4) is 0 Å². The summed E-state index contributed by atoms with van der Waals surface area (Å²) >= 11 is 0. The van der Waals surface area contributed by atoms with Crippen molar-refractivity contribution in [2.24, 2.45) is 5.73 Å². The highest BCUT2D eigenvalue weighted by Crippen LogP contribution is 2.27. The summed E-state index contributed by atoms with van der Waals surface area (Å²) in [5.41, 5.74) is 6.71. The van der Waals surface area contributed by atoms with Gasteiger partial charge in [0.25, 0.3) is 5.69 Å². The van der Waals surface area contributed by atoms with E-state index in [1.54, 1.807) is 0 Å². The van der Waals surface area contributed by atoms with E-state index < -0.39 is 10.8 Å². The first-order valence-electron chi connectivity index (χ1n) is 7.40. The molecule has 0 saturated heterocycles. The van der Waals surface area contributed by atoms with Gasteiger partial charge in [-0.2, -0.15) is 0 Å². The summed E-state index contributed by atoms with van der Waals surface area (Å²) < 4.78 is 0. The van der Waals surface area contributed by atoms with Crippen LogP contribution in [0.25, 0.3) is 0 Å². The van der Waals surface area contributed by atoms with Gasteiger partial charge in [0.15, 0.2) is 0 Å². The van der Waals surface area contributed by atoms with Crippen molar-refractivity contribution in [1.82, 2.24) is 0 Å². The Morgan fingerprint density at radius 1 is 1.26 bits per heavy atom. The van der Waals surface area contributed by atoms with E-state index in [0.29, 0.717) is 12.2 Å². The Kier molecular flexibility index (Phi) is 5.30. The van der Waals surface area contributed by atoms with Crippen molar-refractivity contribution in [3.05, 3.63) is 69.8 Å². The number of carbonyl (C=O) groups excluding carboxylic acids is 1. The van der Waals surface area contributed by atoms with Crippen molar-refractivity contribution in [2.75, 3.05) is 11.9 Å². The van der Waals surface area contributed by atoms with Gasteiger partial charge in [-0.1, -0.05) is 37.3 Å². The van der Waals surface area contributed by atoms with Crippen LogP contribution < -0.4 is 11.1 Å². The van der Waals surface area contributed by atoms with Crippen LogP contribution in [0.5, 0.6) is 0 Å². The van der Waals surface area contributed by atoms with E-state index in [0.717, 1.165) is 6.42 Å². The van der Waals surface area contributed by atoms with Crippen LogP contribution in [-0.4, -0.2) is 17.4 Å². The lowest BCUT2D eigenvalue weighted by molar-refractivity contribution is -0.384. The third-order valence-corrected chi connectivity index (χ3v) is 3.78. The van der Waals surface area contributed by atoms with E-state index in [2.05, 4.69) is 12.2 Å². The number of nitro benzene ring substituents is 1. The van der Waals surface area contributed by atoms with Gasteiger partial charge < -0.3 is 11.1 Å². The standard InChI is InChI=1S/C17H19N3O3/c1-2-12(13-6-4-3-5-7-13)11-19-15-9-8-14(17(18)21)10-16(15)20(22)23/h3-10,12,19H,2,11H2,1H3,(H2,18,21)/t12-/m1/s1. The molecule has 0 radical (unpaired) electrons. The molecule has 0 bridgehead atoms. The Labute approximate surface area is 134 Å². The Morgan fingerprint density at radius 3 is 2.52 bits per heavy atom. The van der Waals surface area contributed by atoms with Crippen LogP contribution in [-0.2, 0) is 0 Å². The summed E-state index contributed by atoms with van der Waals surface area (Å²) in [4.78, 5) is 21.8.